The first-order valence-corrected chi connectivity index (χ1v) is 7.24. The van der Waals surface area contributed by atoms with Crippen LogP contribution in [0.3, 0.4) is 0 Å². The molecule has 1 aliphatic rings. The van der Waals surface area contributed by atoms with Crippen LogP contribution in [-0.4, -0.2) is 68.2 Å². The fraction of sp³-hybridized carbons (Fsp3) is 0.500. The van der Waals surface area contributed by atoms with Gasteiger partial charge in [-0.3, -0.25) is 14.9 Å². The summed E-state index contributed by atoms with van der Waals surface area (Å²) in [4.78, 5) is 21.6. The number of hydrogen-bond acceptors (Lipinski definition) is 9. The quantitative estimate of drug-likeness (QED) is 0.232. The van der Waals surface area contributed by atoms with E-state index in [0.29, 0.717) is 0 Å². The van der Waals surface area contributed by atoms with Gasteiger partial charge in [-0.2, -0.15) is 0 Å². The van der Waals surface area contributed by atoms with Crippen molar-refractivity contribution in [1.82, 2.24) is 5.32 Å². The average molecular weight is 358 g/mol. The Hall–Kier alpha value is -2.31. The number of nitrogens with one attached hydrogen (secondary N) is 1. The lowest BCUT2D eigenvalue weighted by Crippen LogP contribution is -2.75. The molecule has 0 aromatic heterocycles. The molecule has 5 N–H and O–H groups in total. The normalized spacial score (nSPS) is 32.0. The van der Waals surface area contributed by atoms with E-state index >= 15 is 0 Å². The highest BCUT2D eigenvalue weighted by Gasteiger charge is 2.58. The lowest BCUT2D eigenvalue weighted by Gasteiger charge is -2.48. The monoisotopic (exact) mass is 358 g/mol. The molecule has 0 unspecified atom stereocenters. The Labute approximate surface area is 141 Å². The molecule has 138 valence electrons. The minimum atomic E-state index is -2.28. The van der Waals surface area contributed by atoms with Crippen molar-refractivity contribution in [1.29, 1.82) is 0 Å². The summed E-state index contributed by atoms with van der Waals surface area (Å²) in [6.07, 6.45) is -6.79. The summed E-state index contributed by atoms with van der Waals surface area (Å²) in [7, 11) is 0. The number of benzene rings is 1. The van der Waals surface area contributed by atoms with Gasteiger partial charge in [-0.25, -0.2) is 0 Å². The Kier molecular flexibility index (Phi) is 5.55. The van der Waals surface area contributed by atoms with Gasteiger partial charge in [-0.1, -0.05) is 0 Å². The number of nitro benzene ring substituents is 1. The van der Waals surface area contributed by atoms with Gasteiger partial charge in [0.2, 0.25) is 12.2 Å². The van der Waals surface area contributed by atoms with Crippen LogP contribution in [0.25, 0.3) is 0 Å². The molecular formula is C14H18N2O9. The molecule has 11 heteroatoms. The second-order valence-electron chi connectivity index (χ2n) is 5.47. The lowest BCUT2D eigenvalue weighted by molar-refractivity contribution is -0.384. The van der Waals surface area contributed by atoms with Crippen molar-refractivity contribution in [2.24, 2.45) is 0 Å². The summed E-state index contributed by atoms with van der Waals surface area (Å²) in [5.74, 6) is -0.756. The average Bonchev–Trinajstić information content (AvgIpc) is 2.56. The van der Waals surface area contributed by atoms with Gasteiger partial charge in [0, 0.05) is 19.1 Å². The zero-order valence-corrected chi connectivity index (χ0v) is 13.1. The maximum absolute atomic E-state index is 11.5. The number of aliphatic hydroxyl groups excluding tert-OH is 4. The molecule has 1 heterocycles. The second kappa shape index (κ2) is 7.29. The third-order valence-electron chi connectivity index (χ3n) is 3.70. The topological polar surface area (TPSA) is 172 Å². The zero-order valence-electron chi connectivity index (χ0n) is 13.1. The van der Waals surface area contributed by atoms with E-state index in [1.807, 2.05) is 0 Å². The summed E-state index contributed by atoms with van der Waals surface area (Å²) in [6.45, 7) is 0.397. The number of carbonyl (C=O) groups is 1. The standard InChI is InChI=1S/C14H18N2O9/c1-7(18)15-14(12(20)11(19)10(6-17)24-13(14)21)25-9-4-2-8(3-5-9)16(22)23/h2-5,10-13,17,19-21H,6H2,1H3,(H,15,18)/t10-,11-,12+,13-,14-/m1/s1. The third-order valence-corrected chi connectivity index (χ3v) is 3.70. The van der Waals surface area contributed by atoms with E-state index in [-0.39, 0.29) is 11.4 Å². The van der Waals surface area contributed by atoms with E-state index in [9.17, 15) is 30.2 Å². The van der Waals surface area contributed by atoms with Crippen molar-refractivity contribution in [3.05, 3.63) is 34.4 Å². The first kappa shape index (κ1) is 19.0. The molecule has 25 heavy (non-hydrogen) atoms. The Morgan fingerprint density at radius 2 is 1.96 bits per heavy atom. The van der Waals surface area contributed by atoms with Gasteiger partial charge in [-0.15, -0.1) is 0 Å². The Morgan fingerprint density at radius 1 is 1.36 bits per heavy atom. The molecule has 1 saturated heterocycles. The minimum absolute atomic E-state index is 0.0456. The highest BCUT2D eigenvalue weighted by atomic mass is 16.7. The van der Waals surface area contributed by atoms with Crippen LogP contribution in [0.2, 0.25) is 0 Å². The fourth-order valence-electron chi connectivity index (χ4n) is 2.48. The van der Waals surface area contributed by atoms with Crippen LogP contribution in [0.1, 0.15) is 6.92 Å². The number of amides is 1. The van der Waals surface area contributed by atoms with Crippen molar-refractivity contribution >= 4 is 11.6 Å². The van der Waals surface area contributed by atoms with Crippen LogP contribution in [0, 0.1) is 10.1 Å². The molecule has 0 saturated carbocycles. The minimum Gasteiger partial charge on any atom is -0.460 e. The predicted octanol–water partition coefficient (Wildman–Crippen LogP) is -1.76. The number of non-ortho nitro benzene ring substituents is 1. The second-order valence-corrected chi connectivity index (χ2v) is 5.47. The van der Waals surface area contributed by atoms with Crippen LogP contribution in [-0.2, 0) is 9.53 Å². The number of nitrogens with zero attached hydrogens (tertiary/aromatic N) is 1. The van der Waals surface area contributed by atoms with Crippen LogP contribution in [0.4, 0.5) is 5.69 Å². The number of hydrogen-bond donors (Lipinski definition) is 5. The van der Waals surface area contributed by atoms with Crippen molar-refractivity contribution in [2.45, 2.75) is 37.3 Å². The maximum Gasteiger partial charge on any atom is 0.269 e. The molecule has 1 aromatic carbocycles. The number of rotatable bonds is 5. The number of ether oxygens (including phenoxy) is 2. The summed E-state index contributed by atoms with van der Waals surface area (Å²) in [5.41, 5.74) is -2.50. The Balaban J connectivity index is 2.36. The number of carbonyl (C=O) groups excluding carboxylic acids is 1. The van der Waals surface area contributed by atoms with Gasteiger partial charge >= 0.3 is 0 Å². The summed E-state index contributed by atoms with van der Waals surface area (Å²) < 4.78 is 10.5. The van der Waals surface area contributed by atoms with Crippen molar-refractivity contribution in [3.63, 3.8) is 0 Å². The largest absolute Gasteiger partial charge is 0.460 e. The van der Waals surface area contributed by atoms with Gasteiger partial charge in [0.15, 0.2) is 0 Å². The molecule has 5 atom stereocenters. The van der Waals surface area contributed by atoms with Gasteiger partial charge < -0.3 is 35.2 Å². The summed E-state index contributed by atoms with van der Waals surface area (Å²) in [5, 5.41) is 52.6. The van der Waals surface area contributed by atoms with Crippen molar-refractivity contribution in [2.75, 3.05) is 6.61 Å². The maximum atomic E-state index is 11.5. The SMILES string of the molecule is CC(=O)N[C@]1(Oc2ccc([N+](=O)[O-])cc2)[C@H](O)O[C@H](CO)[C@@H](O)[C@@H]1O. The van der Waals surface area contributed by atoms with Crippen LogP contribution in [0.15, 0.2) is 24.3 Å². The molecule has 1 fully saturated rings. The third kappa shape index (κ3) is 3.70. The molecule has 0 spiro atoms. The van der Waals surface area contributed by atoms with Crippen molar-refractivity contribution < 1.29 is 39.6 Å². The zero-order chi connectivity index (χ0) is 18.8. The lowest BCUT2D eigenvalue weighted by atomic mass is 9.93. The molecule has 2 rings (SSSR count). The van der Waals surface area contributed by atoms with Gasteiger partial charge in [0.1, 0.15) is 24.1 Å². The summed E-state index contributed by atoms with van der Waals surface area (Å²) >= 11 is 0. The molecule has 1 aliphatic heterocycles. The van der Waals surface area contributed by atoms with Crippen LogP contribution >= 0.6 is 0 Å². The number of aliphatic hydroxyl groups is 4. The van der Waals surface area contributed by atoms with Gasteiger partial charge in [0.25, 0.3) is 11.4 Å². The first-order valence-electron chi connectivity index (χ1n) is 7.24. The highest BCUT2D eigenvalue weighted by molar-refractivity contribution is 5.74. The molecular weight excluding hydrogens is 340 g/mol. The Bertz CT molecular complexity index is 638. The highest BCUT2D eigenvalue weighted by Crippen LogP contribution is 2.32. The number of nitro groups is 1. The Morgan fingerprint density at radius 3 is 2.44 bits per heavy atom. The first-order chi connectivity index (χ1) is 11.7. The smallest absolute Gasteiger partial charge is 0.269 e. The molecule has 1 amide bonds. The molecule has 0 bridgehead atoms. The molecule has 1 aromatic rings. The van der Waals surface area contributed by atoms with Gasteiger partial charge in [-0.05, 0) is 12.1 Å². The van der Waals surface area contributed by atoms with E-state index < -0.39 is 47.8 Å². The van der Waals surface area contributed by atoms with E-state index in [0.717, 1.165) is 19.1 Å². The predicted molar refractivity (Wildman–Crippen MR) is 80.3 cm³/mol. The van der Waals surface area contributed by atoms with Crippen molar-refractivity contribution in [3.8, 4) is 5.75 Å². The van der Waals surface area contributed by atoms with E-state index in [4.69, 9.17) is 14.6 Å². The fourth-order valence-corrected chi connectivity index (χ4v) is 2.48. The molecule has 11 nitrogen and oxygen atoms in total. The molecule has 0 radical (unpaired) electrons. The van der Waals surface area contributed by atoms with Crippen LogP contribution < -0.4 is 10.1 Å². The van der Waals surface area contributed by atoms with E-state index in [1.165, 1.54) is 12.1 Å². The van der Waals surface area contributed by atoms with E-state index in [2.05, 4.69) is 5.32 Å². The van der Waals surface area contributed by atoms with Gasteiger partial charge in [0.05, 0.1) is 11.5 Å². The summed E-state index contributed by atoms with van der Waals surface area (Å²) in [6, 6.07) is 4.61. The molecule has 0 aliphatic carbocycles. The van der Waals surface area contributed by atoms with E-state index in [1.54, 1.807) is 0 Å². The van der Waals surface area contributed by atoms with Crippen LogP contribution in [0.5, 0.6) is 5.75 Å².